The topological polar surface area (TPSA) is 90.7 Å². The second-order valence-corrected chi connectivity index (χ2v) is 3.83. The number of nitrogens with two attached hydrogens (primary N) is 2. The largest absolute Gasteiger partial charge is 0.405 e. The summed E-state index contributed by atoms with van der Waals surface area (Å²) in [4.78, 5) is 0. The molecule has 1 rings (SSSR count). The summed E-state index contributed by atoms with van der Waals surface area (Å²) in [5.74, 6) is 0. The zero-order valence-electron chi connectivity index (χ0n) is 6.83. The minimum absolute atomic E-state index is 0.816. The summed E-state index contributed by atoms with van der Waals surface area (Å²) in [7, 11) is -3.50. The van der Waals surface area contributed by atoms with E-state index in [0.717, 1.165) is 5.56 Å². The van der Waals surface area contributed by atoms with Crippen molar-refractivity contribution in [1.82, 2.24) is 0 Å². The van der Waals surface area contributed by atoms with E-state index in [1.807, 2.05) is 30.3 Å². The van der Waals surface area contributed by atoms with Crippen LogP contribution in [0.5, 0.6) is 0 Å². The predicted molar refractivity (Wildman–Crippen MR) is 51.1 cm³/mol. The van der Waals surface area contributed by atoms with Gasteiger partial charge in [0.1, 0.15) is 0 Å². The van der Waals surface area contributed by atoms with Crippen LogP contribution in [-0.4, -0.2) is 6.21 Å². The summed E-state index contributed by atoms with van der Waals surface area (Å²) < 4.78 is 14.9. The maximum atomic E-state index is 10.6. The van der Waals surface area contributed by atoms with Crippen LogP contribution >= 0.6 is 7.67 Å². The molecule has 0 radical (unpaired) electrons. The molecule has 0 bridgehead atoms. The molecule has 1 aromatic carbocycles. The van der Waals surface area contributed by atoms with Crippen LogP contribution in [0.25, 0.3) is 0 Å². The molecule has 5 nitrogen and oxygen atoms in total. The van der Waals surface area contributed by atoms with Crippen molar-refractivity contribution in [2.24, 2.45) is 16.2 Å². The molecule has 1 aromatic rings. The van der Waals surface area contributed by atoms with Crippen LogP contribution in [0.3, 0.4) is 0 Å². The number of hydrogen-bond donors (Lipinski definition) is 2. The highest BCUT2D eigenvalue weighted by atomic mass is 31.2. The third-order valence-corrected chi connectivity index (χ3v) is 1.53. The molecule has 0 atom stereocenters. The third kappa shape index (κ3) is 4.42. The van der Waals surface area contributed by atoms with Gasteiger partial charge in [0.2, 0.25) is 0 Å². The summed E-state index contributed by atoms with van der Waals surface area (Å²) in [5.41, 5.74) is 10.6. The molecule has 0 amide bonds. The van der Waals surface area contributed by atoms with E-state index in [0.29, 0.717) is 0 Å². The lowest BCUT2D eigenvalue weighted by molar-refractivity contribution is 0.337. The fourth-order valence-electron chi connectivity index (χ4n) is 0.697. The molecule has 0 aliphatic rings. The van der Waals surface area contributed by atoms with E-state index >= 15 is 0 Å². The molecule has 0 saturated carbocycles. The van der Waals surface area contributed by atoms with Gasteiger partial charge in [-0.15, -0.1) is 0 Å². The molecule has 0 spiro atoms. The zero-order chi connectivity index (χ0) is 9.73. The van der Waals surface area contributed by atoms with Crippen molar-refractivity contribution in [3.8, 4) is 0 Å². The Kier molecular flexibility index (Phi) is 3.19. The van der Waals surface area contributed by atoms with Gasteiger partial charge in [-0.25, -0.2) is 15.6 Å². The molecular formula is C7H10N3O2P. The van der Waals surface area contributed by atoms with Crippen LogP contribution < -0.4 is 11.0 Å². The van der Waals surface area contributed by atoms with Crippen LogP contribution in [0.15, 0.2) is 35.5 Å². The summed E-state index contributed by atoms with van der Waals surface area (Å²) in [6, 6.07) is 9.17. The molecule has 13 heavy (non-hydrogen) atoms. The van der Waals surface area contributed by atoms with Crippen LogP contribution in [-0.2, 0) is 9.19 Å². The summed E-state index contributed by atoms with van der Waals surface area (Å²) in [6.07, 6.45) is 1.38. The van der Waals surface area contributed by atoms with Crippen LogP contribution in [0.2, 0.25) is 0 Å². The number of hydrogen-bond acceptors (Lipinski definition) is 3. The first-order valence-electron chi connectivity index (χ1n) is 3.52. The first-order chi connectivity index (χ1) is 6.08. The average Bonchev–Trinajstić information content (AvgIpc) is 2.04. The highest BCUT2D eigenvalue weighted by Crippen LogP contribution is 2.25. The molecule has 6 heteroatoms. The van der Waals surface area contributed by atoms with Crippen molar-refractivity contribution in [2.75, 3.05) is 0 Å². The van der Waals surface area contributed by atoms with Crippen LogP contribution in [0.4, 0.5) is 0 Å². The SMILES string of the molecule is NP(N)(=O)ON=Cc1ccccc1. The number of benzene rings is 1. The normalized spacial score (nSPS) is 11.8. The van der Waals surface area contributed by atoms with E-state index in [4.69, 9.17) is 11.0 Å². The quantitative estimate of drug-likeness (QED) is 0.432. The number of rotatable bonds is 3. The Morgan fingerprint density at radius 1 is 1.31 bits per heavy atom. The van der Waals surface area contributed by atoms with Gasteiger partial charge in [-0.3, -0.25) is 0 Å². The van der Waals surface area contributed by atoms with Crippen molar-refractivity contribution >= 4 is 13.9 Å². The molecular weight excluding hydrogens is 189 g/mol. The van der Waals surface area contributed by atoms with Gasteiger partial charge >= 0.3 is 7.67 Å². The molecule has 0 unspecified atom stereocenters. The Hall–Kier alpha value is -1.16. The summed E-state index contributed by atoms with van der Waals surface area (Å²) >= 11 is 0. The van der Waals surface area contributed by atoms with E-state index in [1.54, 1.807) is 0 Å². The van der Waals surface area contributed by atoms with Gasteiger partial charge in [0.25, 0.3) is 0 Å². The van der Waals surface area contributed by atoms with Crippen LogP contribution in [0, 0.1) is 0 Å². The number of oxime groups is 1. The second-order valence-electron chi connectivity index (χ2n) is 2.37. The van der Waals surface area contributed by atoms with Gasteiger partial charge in [-0.05, 0) is 5.56 Å². The van der Waals surface area contributed by atoms with Crippen molar-refractivity contribution < 1.29 is 9.19 Å². The lowest BCUT2D eigenvalue weighted by Crippen LogP contribution is -2.05. The monoisotopic (exact) mass is 199 g/mol. The fourth-order valence-corrected chi connectivity index (χ4v) is 0.892. The van der Waals surface area contributed by atoms with E-state index in [9.17, 15) is 4.57 Å². The second kappa shape index (κ2) is 4.18. The third-order valence-electron chi connectivity index (χ3n) is 1.18. The molecule has 0 heterocycles. The summed E-state index contributed by atoms with van der Waals surface area (Å²) in [6.45, 7) is 0. The Labute approximate surface area is 75.9 Å². The van der Waals surface area contributed by atoms with Gasteiger partial charge in [0, 0.05) is 0 Å². The van der Waals surface area contributed by atoms with Crippen molar-refractivity contribution in [1.29, 1.82) is 0 Å². The van der Waals surface area contributed by atoms with Gasteiger partial charge < -0.3 is 4.62 Å². The highest BCUT2D eigenvalue weighted by molar-refractivity contribution is 7.53. The lowest BCUT2D eigenvalue weighted by Gasteiger charge is -2.00. The summed E-state index contributed by atoms with van der Waals surface area (Å²) in [5, 5.41) is 3.37. The number of nitrogens with zero attached hydrogens (tertiary/aromatic N) is 1. The van der Waals surface area contributed by atoms with Gasteiger partial charge in [-0.2, -0.15) is 0 Å². The van der Waals surface area contributed by atoms with Crippen LogP contribution in [0.1, 0.15) is 5.56 Å². The maximum absolute atomic E-state index is 10.6. The highest BCUT2D eigenvalue weighted by Gasteiger charge is 2.06. The van der Waals surface area contributed by atoms with Crippen molar-refractivity contribution in [3.63, 3.8) is 0 Å². The van der Waals surface area contributed by atoms with Crippen molar-refractivity contribution in [3.05, 3.63) is 35.9 Å². The molecule has 0 saturated heterocycles. The minimum Gasteiger partial charge on any atom is -0.312 e. The zero-order valence-corrected chi connectivity index (χ0v) is 7.72. The molecule has 0 aliphatic heterocycles. The van der Waals surface area contributed by atoms with Crippen molar-refractivity contribution in [2.45, 2.75) is 0 Å². The van der Waals surface area contributed by atoms with E-state index < -0.39 is 7.67 Å². The minimum atomic E-state index is -3.50. The van der Waals surface area contributed by atoms with Gasteiger partial charge in [0.05, 0.1) is 6.21 Å². The molecule has 4 N–H and O–H groups in total. The Morgan fingerprint density at radius 3 is 2.46 bits per heavy atom. The maximum Gasteiger partial charge on any atom is 0.405 e. The Bertz CT molecular complexity index is 333. The molecule has 0 fully saturated rings. The molecule has 0 aliphatic carbocycles. The first-order valence-corrected chi connectivity index (χ1v) is 5.28. The molecule has 0 aromatic heterocycles. The predicted octanol–water partition coefficient (Wildman–Crippen LogP) is 1.06. The Balaban J connectivity index is 2.56. The van der Waals surface area contributed by atoms with E-state index in [2.05, 4.69) is 9.78 Å². The fraction of sp³-hybridized carbons (Fsp3) is 0. The standard InChI is InChI=1S/C7H10N3O2P/c8-13(9,11)12-10-6-7-4-2-1-3-5-7/h1-6H,(H4,8,9,11). The smallest absolute Gasteiger partial charge is 0.312 e. The lowest BCUT2D eigenvalue weighted by atomic mass is 10.2. The Morgan fingerprint density at radius 2 is 1.92 bits per heavy atom. The van der Waals surface area contributed by atoms with E-state index in [1.165, 1.54) is 6.21 Å². The molecule has 70 valence electrons. The van der Waals surface area contributed by atoms with Gasteiger partial charge in [-0.1, -0.05) is 35.5 Å². The van der Waals surface area contributed by atoms with Gasteiger partial charge in [0.15, 0.2) is 0 Å². The first kappa shape index (κ1) is 9.92. The average molecular weight is 199 g/mol. The van der Waals surface area contributed by atoms with E-state index in [-0.39, 0.29) is 0 Å².